The van der Waals surface area contributed by atoms with E-state index in [9.17, 15) is 4.57 Å². The van der Waals surface area contributed by atoms with Crippen molar-refractivity contribution in [2.75, 3.05) is 0 Å². The zero-order chi connectivity index (χ0) is 6.78. The molecule has 0 saturated heterocycles. The van der Waals surface area contributed by atoms with Gasteiger partial charge in [0.05, 0.1) is 0 Å². The van der Waals surface area contributed by atoms with Gasteiger partial charge in [0.25, 0.3) is 0 Å². The summed E-state index contributed by atoms with van der Waals surface area (Å²) in [4.78, 5) is 15.8. The molecular weight excluding hydrogens is 133 g/mol. The average molecular weight is 137 g/mol. The lowest BCUT2D eigenvalue weighted by atomic mass is 10.8. The maximum Gasteiger partial charge on any atom is 0.368 e. The van der Waals surface area contributed by atoms with Gasteiger partial charge in [-0.1, -0.05) is 0 Å². The Morgan fingerprint density at radius 2 is 2.00 bits per heavy atom. The monoisotopic (exact) mass is 137 g/mol. The summed E-state index contributed by atoms with van der Waals surface area (Å²) in [5.41, 5.74) is 0. The van der Waals surface area contributed by atoms with Crippen molar-refractivity contribution in [2.24, 2.45) is 0 Å². The zero-order valence-corrected chi connectivity index (χ0v) is 4.62. The molecule has 0 aromatic carbocycles. The highest BCUT2D eigenvalue weighted by Crippen LogP contribution is 2.38. The van der Waals surface area contributed by atoms with E-state index in [0.717, 1.165) is 6.07 Å². The van der Waals surface area contributed by atoms with Gasteiger partial charge in [0.1, 0.15) is 6.07 Å². The fraction of sp³-hybridized carbons (Fsp3) is 0.500. The van der Waals surface area contributed by atoms with Crippen molar-refractivity contribution in [1.29, 1.82) is 5.26 Å². The molecule has 0 heterocycles. The van der Waals surface area contributed by atoms with Crippen molar-refractivity contribution < 1.29 is 19.5 Å². The molecule has 0 aliphatic rings. The van der Waals surface area contributed by atoms with E-state index in [1.807, 2.05) is 0 Å². The summed E-state index contributed by atoms with van der Waals surface area (Å²) in [5, 5.41) is 15.7. The lowest BCUT2D eigenvalue weighted by molar-refractivity contribution is 0.243. The van der Waals surface area contributed by atoms with Crippen LogP contribution in [0.5, 0.6) is 0 Å². The minimum Gasteiger partial charge on any atom is -0.368 e. The van der Waals surface area contributed by atoms with Crippen molar-refractivity contribution >= 4 is 7.60 Å². The van der Waals surface area contributed by atoms with E-state index >= 15 is 0 Å². The second-order valence-corrected chi connectivity index (χ2v) is 2.76. The Hall–Kier alpha value is -0.400. The molecule has 0 radical (unpaired) electrons. The third-order valence-electron chi connectivity index (χ3n) is 0.434. The molecule has 8 heavy (non-hydrogen) atoms. The summed E-state index contributed by atoms with van der Waals surface area (Å²) < 4.78 is 9.78. The Kier molecular flexibility index (Phi) is 2.13. The number of aliphatic hydroxyl groups excluding tert-OH is 1. The van der Waals surface area contributed by atoms with Gasteiger partial charge in [-0.25, -0.2) is 0 Å². The first-order chi connectivity index (χ1) is 3.48. The highest BCUT2D eigenvalue weighted by atomic mass is 31.2. The van der Waals surface area contributed by atoms with Crippen LogP contribution in [-0.2, 0) is 4.57 Å². The predicted octanol–water partition coefficient (Wildman–Crippen LogP) is -0.994. The van der Waals surface area contributed by atoms with Crippen LogP contribution in [0.25, 0.3) is 0 Å². The van der Waals surface area contributed by atoms with Crippen molar-refractivity contribution in [1.82, 2.24) is 0 Å². The summed E-state index contributed by atoms with van der Waals surface area (Å²) in [6.45, 7) is 0. The van der Waals surface area contributed by atoms with Crippen molar-refractivity contribution in [3.8, 4) is 6.07 Å². The van der Waals surface area contributed by atoms with E-state index in [2.05, 4.69) is 0 Å². The minimum absolute atomic E-state index is 0.997. The van der Waals surface area contributed by atoms with Gasteiger partial charge in [-0.2, -0.15) is 5.26 Å². The fourth-order valence-corrected chi connectivity index (χ4v) is 0.226. The molecule has 1 unspecified atom stereocenters. The first-order valence-electron chi connectivity index (χ1n) is 1.61. The van der Waals surface area contributed by atoms with Crippen LogP contribution in [0.1, 0.15) is 0 Å². The minimum atomic E-state index is -4.56. The summed E-state index contributed by atoms with van der Waals surface area (Å²) >= 11 is 0. The topological polar surface area (TPSA) is 102 Å². The fourth-order valence-electron chi connectivity index (χ4n) is 0.0752. The first-order valence-corrected chi connectivity index (χ1v) is 3.29. The molecule has 0 amide bonds. The van der Waals surface area contributed by atoms with E-state index in [1.54, 1.807) is 0 Å². The Bertz CT molecular complexity index is 154. The van der Waals surface area contributed by atoms with Gasteiger partial charge in [-0.3, -0.25) is 4.57 Å². The molecule has 0 saturated carbocycles. The van der Waals surface area contributed by atoms with Gasteiger partial charge in [0.2, 0.25) is 5.85 Å². The van der Waals surface area contributed by atoms with Gasteiger partial charge in [-0.05, 0) is 0 Å². The molecule has 0 rings (SSSR count). The standard InChI is InChI=1S/C2H4NO4P/c3-1-2(4)8(5,6)7/h2,4H,(H2,5,6,7). The summed E-state index contributed by atoms with van der Waals surface area (Å²) in [5.74, 6) is -2.18. The van der Waals surface area contributed by atoms with Gasteiger partial charge < -0.3 is 14.9 Å². The van der Waals surface area contributed by atoms with Crippen molar-refractivity contribution in [2.45, 2.75) is 5.85 Å². The number of nitriles is 1. The van der Waals surface area contributed by atoms with Gasteiger partial charge in [0.15, 0.2) is 0 Å². The van der Waals surface area contributed by atoms with Crippen LogP contribution in [-0.4, -0.2) is 20.7 Å². The molecule has 6 heteroatoms. The Morgan fingerprint density at radius 1 is 1.62 bits per heavy atom. The number of rotatable bonds is 1. The number of aliphatic hydroxyl groups is 1. The number of nitrogens with zero attached hydrogens (tertiary/aromatic N) is 1. The molecule has 0 spiro atoms. The normalized spacial score (nSPS) is 14.8. The van der Waals surface area contributed by atoms with E-state index in [1.165, 1.54) is 0 Å². The molecule has 1 atom stereocenters. The molecule has 3 N–H and O–H groups in total. The van der Waals surface area contributed by atoms with Crippen LogP contribution in [0, 0.1) is 11.3 Å². The smallest absolute Gasteiger partial charge is 0.368 e. The lowest BCUT2D eigenvalue weighted by Gasteiger charge is -2.00. The summed E-state index contributed by atoms with van der Waals surface area (Å²) in [6, 6.07) is 0.997. The third-order valence-corrected chi connectivity index (χ3v) is 1.19. The quantitative estimate of drug-likeness (QED) is 0.318. The maximum absolute atomic E-state index is 9.78. The summed E-state index contributed by atoms with van der Waals surface area (Å²) in [7, 11) is -4.56. The second-order valence-electron chi connectivity index (χ2n) is 1.09. The van der Waals surface area contributed by atoms with Crippen molar-refractivity contribution in [3.05, 3.63) is 0 Å². The van der Waals surface area contributed by atoms with E-state index in [-0.39, 0.29) is 0 Å². The van der Waals surface area contributed by atoms with Crippen LogP contribution in [0.2, 0.25) is 0 Å². The number of hydrogen-bond acceptors (Lipinski definition) is 3. The van der Waals surface area contributed by atoms with Gasteiger partial charge >= 0.3 is 7.60 Å². The first kappa shape index (κ1) is 7.60. The Labute approximate surface area is 45.3 Å². The maximum atomic E-state index is 9.78. The van der Waals surface area contributed by atoms with Crippen LogP contribution >= 0.6 is 7.60 Å². The van der Waals surface area contributed by atoms with E-state index in [0.29, 0.717) is 0 Å². The van der Waals surface area contributed by atoms with E-state index < -0.39 is 13.4 Å². The second kappa shape index (κ2) is 2.25. The van der Waals surface area contributed by atoms with Gasteiger partial charge in [0, 0.05) is 0 Å². The Balaban J connectivity index is 4.09. The van der Waals surface area contributed by atoms with E-state index in [4.69, 9.17) is 20.2 Å². The van der Waals surface area contributed by atoms with Crippen LogP contribution in [0.15, 0.2) is 0 Å². The molecule has 0 aliphatic heterocycles. The molecule has 0 fully saturated rings. The third kappa shape index (κ3) is 2.05. The SMILES string of the molecule is N#CC(O)P(=O)(O)O. The Morgan fingerprint density at radius 3 is 2.00 bits per heavy atom. The lowest BCUT2D eigenvalue weighted by Crippen LogP contribution is -2.01. The molecule has 0 bridgehead atoms. The highest BCUT2D eigenvalue weighted by Gasteiger charge is 2.25. The molecule has 0 aromatic heterocycles. The average Bonchev–Trinajstić information content (AvgIpc) is 1.62. The predicted molar refractivity (Wildman–Crippen MR) is 23.7 cm³/mol. The highest BCUT2D eigenvalue weighted by molar-refractivity contribution is 7.52. The molecule has 5 nitrogen and oxygen atoms in total. The summed E-state index contributed by atoms with van der Waals surface area (Å²) in [6.07, 6.45) is 0. The molecular formula is C2H4NO4P. The molecule has 0 aliphatic carbocycles. The van der Waals surface area contributed by atoms with Crippen molar-refractivity contribution in [3.63, 3.8) is 0 Å². The zero-order valence-electron chi connectivity index (χ0n) is 3.72. The number of hydrogen-bond donors (Lipinski definition) is 3. The molecule has 0 aromatic rings. The van der Waals surface area contributed by atoms with Gasteiger partial charge in [-0.15, -0.1) is 0 Å². The van der Waals surface area contributed by atoms with Crippen LogP contribution in [0.3, 0.4) is 0 Å². The molecule has 46 valence electrons. The van der Waals surface area contributed by atoms with Crippen LogP contribution < -0.4 is 0 Å². The van der Waals surface area contributed by atoms with Crippen LogP contribution in [0.4, 0.5) is 0 Å². The largest absolute Gasteiger partial charge is 0.368 e.